The maximum absolute atomic E-state index is 13.2. The Balaban J connectivity index is 1.74. The molecular formula is C21H20N4O3S2. The fraction of sp³-hybridized carbons (Fsp3) is 0.190. The van der Waals surface area contributed by atoms with E-state index in [2.05, 4.69) is 10.4 Å². The average Bonchev–Trinajstić information content (AvgIpc) is 3.36. The highest BCUT2D eigenvalue weighted by Crippen LogP contribution is 2.29. The van der Waals surface area contributed by atoms with Gasteiger partial charge in [-0.15, -0.1) is 11.3 Å². The van der Waals surface area contributed by atoms with Crippen molar-refractivity contribution in [2.45, 2.75) is 18.7 Å². The Hall–Kier alpha value is -3.04. The van der Waals surface area contributed by atoms with E-state index in [4.69, 9.17) is 4.98 Å². The van der Waals surface area contributed by atoms with Crippen molar-refractivity contribution < 1.29 is 13.2 Å². The van der Waals surface area contributed by atoms with Gasteiger partial charge >= 0.3 is 0 Å². The quantitative estimate of drug-likeness (QED) is 0.505. The lowest BCUT2D eigenvalue weighted by molar-refractivity contribution is 0.102. The van der Waals surface area contributed by atoms with Gasteiger partial charge in [-0.25, -0.2) is 13.4 Å². The van der Waals surface area contributed by atoms with Crippen LogP contribution in [-0.2, 0) is 16.9 Å². The zero-order chi connectivity index (χ0) is 21.5. The maximum atomic E-state index is 13.2. The number of hydrogen-bond acceptors (Lipinski definition) is 6. The van der Waals surface area contributed by atoms with Gasteiger partial charge in [-0.05, 0) is 48.7 Å². The van der Waals surface area contributed by atoms with Crippen molar-refractivity contribution in [1.82, 2.24) is 14.8 Å². The van der Waals surface area contributed by atoms with Crippen LogP contribution in [0.15, 0.2) is 52.7 Å². The molecule has 0 aliphatic rings. The molecule has 0 atom stereocenters. The third-order valence-electron chi connectivity index (χ3n) is 4.84. The summed E-state index contributed by atoms with van der Waals surface area (Å²) in [5, 5.41) is 9.94. The molecule has 4 aromatic rings. The molecule has 0 unspecified atom stereocenters. The van der Waals surface area contributed by atoms with Crippen LogP contribution >= 0.6 is 11.3 Å². The van der Waals surface area contributed by atoms with E-state index < -0.39 is 9.84 Å². The molecule has 1 aromatic carbocycles. The second-order valence-electron chi connectivity index (χ2n) is 6.82. The molecule has 9 heteroatoms. The number of thiophene rings is 1. The van der Waals surface area contributed by atoms with Crippen molar-refractivity contribution in [2.75, 3.05) is 11.1 Å². The lowest BCUT2D eigenvalue weighted by Gasteiger charge is -2.09. The molecule has 0 radical (unpaired) electrons. The predicted molar refractivity (Wildman–Crippen MR) is 119 cm³/mol. The Bertz CT molecular complexity index is 1340. The van der Waals surface area contributed by atoms with E-state index in [0.717, 1.165) is 4.88 Å². The molecular weight excluding hydrogens is 420 g/mol. The Morgan fingerprint density at radius 2 is 1.93 bits per heavy atom. The van der Waals surface area contributed by atoms with Crippen LogP contribution in [0.2, 0.25) is 0 Å². The number of nitrogens with zero attached hydrogens (tertiary/aromatic N) is 3. The molecule has 3 heterocycles. The highest BCUT2D eigenvalue weighted by molar-refractivity contribution is 7.91. The topological polar surface area (TPSA) is 93.9 Å². The summed E-state index contributed by atoms with van der Waals surface area (Å²) in [6.07, 6.45) is 0. The van der Waals surface area contributed by atoms with E-state index in [0.29, 0.717) is 33.7 Å². The van der Waals surface area contributed by atoms with Gasteiger partial charge in [-0.2, -0.15) is 5.10 Å². The van der Waals surface area contributed by atoms with Crippen LogP contribution in [0.4, 0.5) is 5.69 Å². The molecule has 0 saturated carbocycles. The van der Waals surface area contributed by atoms with Gasteiger partial charge in [0.25, 0.3) is 5.91 Å². The van der Waals surface area contributed by atoms with Crippen molar-refractivity contribution in [3.8, 4) is 10.6 Å². The molecule has 0 saturated heterocycles. The first-order valence-corrected chi connectivity index (χ1v) is 11.9. The Morgan fingerprint density at radius 1 is 1.20 bits per heavy atom. The largest absolute Gasteiger partial charge is 0.322 e. The summed E-state index contributed by atoms with van der Waals surface area (Å²) in [7, 11) is -1.49. The zero-order valence-electron chi connectivity index (χ0n) is 16.7. The molecule has 0 aliphatic carbocycles. The summed E-state index contributed by atoms with van der Waals surface area (Å²) >= 11 is 1.55. The zero-order valence-corrected chi connectivity index (χ0v) is 18.3. The van der Waals surface area contributed by atoms with Crippen molar-refractivity contribution in [2.24, 2.45) is 7.05 Å². The standard InChI is InChI=1S/C21H20N4O3S2/c1-4-30(27,28)15-9-7-14(8-10-15)22-21(26)16-12-17(18-6-5-11-29-18)23-20-19(16)13(2)24-25(20)3/h5-12H,4H2,1-3H3,(H,22,26). The smallest absolute Gasteiger partial charge is 0.256 e. The third-order valence-corrected chi connectivity index (χ3v) is 7.48. The highest BCUT2D eigenvalue weighted by Gasteiger charge is 2.20. The molecule has 0 bridgehead atoms. The summed E-state index contributed by atoms with van der Waals surface area (Å²) < 4.78 is 25.6. The van der Waals surface area contributed by atoms with Crippen LogP contribution < -0.4 is 5.32 Å². The maximum Gasteiger partial charge on any atom is 0.256 e. The fourth-order valence-electron chi connectivity index (χ4n) is 3.29. The number of aryl methyl sites for hydroxylation is 2. The molecule has 30 heavy (non-hydrogen) atoms. The summed E-state index contributed by atoms with van der Waals surface area (Å²) in [6, 6.07) is 11.9. The number of nitrogens with one attached hydrogen (secondary N) is 1. The molecule has 0 aliphatic heterocycles. The summed E-state index contributed by atoms with van der Waals surface area (Å²) in [6.45, 7) is 3.44. The lowest BCUT2D eigenvalue weighted by atomic mass is 10.1. The van der Waals surface area contributed by atoms with Crippen molar-refractivity contribution in [3.63, 3.8) is 0 Å². The van der Waals surface area contributed by atoms with Gasteiger partial charge in [0.2, 0.25) is 0 Å². The second kappa shape index (κ2) is 7.66. The number of pyridine rings is 1. The molecule has 4 rings (SSSR count). The number of hydrogen-bond donors (Lipinski definition) is 1. The van der Waals surface area contributed by atoms with Crippen LogP contribution in [0.1, 0.15) is 23.0 Å². The number of sulfone groups is 1. The SMILES string of the molecule is CCS(=O)(=O)c1ccc(NC(=O)c2cc(-c3cccs3)nc3c2c(C)nn3C)cc1. The molecule has 1 amide bonds. The Labute approximate surface area is 178 Å². The van der Waals surface area contributed by atoms with E-state index in [9.17, 15) is 13.2 Å². The number of aromatic nitrogens is 3. The molecule has 0 spiro atoms. The first-order chi connectivity index (χ1) is 14.3. The van der Waals surface area contributed by atoms with E-state index >= 15 is 0 Å². The van der Waals surface area contributed by atoms with Crippen LogP contribution in [0.5, 0.6) is 0 Å². The average molecular weight is 441 g/mol. The monoisotopic (exact) mass is 440 g/mol. The number of fused-ring (bicyclic) bond motifs is 1. The third kappa shape index (κ3) is 3.61. The van der Waals surface area contributed by atoms with Gasteiger partial charge in [-0.1, -0.05) is 13.0 Å². The summed E-state index contributed by atoms with van der Waals surface area (Å²) in [5.74, 6) is -0.276. The number of carbonyl (C=O) groups excluding carboxylic acids is 1. The van der Waals surface area contributed by atoms with Gasteiger partial charge in [-0.3, -0.25) is 9.48 Å². The molecule has 1 N–H and O–H groups in total. The molecule has 154 valence electrons. The van der Waals surface area contributed by atoms with Crippen molar-refractivity contribution >= 4 is 43.8 Å². The van der Waals surface area contributed by atoms with E-state index in [-0.39, 0.29) is 16.6 Å². The van der Waals surface area contributed by atoms with Gasteiger partial charge in [0.05, 0.1) is 37.9 Å². The Morgan fingerprint density at radius 3 is 2.57 bits per heavy atom. The summed E-state index contributed by atoms with van der Waals surface area (Å²) in [4.78, 5) is 19.0. The molecule has 7 nitrogen and oxygen atoms in total. The van der Waals surface area contributed by atoms with E-state index in [1.807, 2.05) is 24.4 Å². The fourth-order valence-corrected chi connectivity index (χ4v) is 4.86. The molecule has 0 fully saturated rings. The predicted octanol–water partition coefficient (Wildman–Crippen LogP) is 4.05. The van der Waals surface area contributed by atoms with Crippen molar-refractivity contribution in [3.05, 3.63) is 59.1 Å². The Kier molecular flexibility index (Phi) is 5.17. The normalized spacial score (nSPS) is 11.7. The minimum atomic E-state index is -3.29. The van der Waals surface area contributed by atoms with E-state index in [1.54, 1.807) is 48.2 Å². The van der Waals surface area contributed by atoms with Crippen LogP contribution in [-0.4, -0.2) is 34.8 Å². The van der Waals surface area contributed by atoms with Crippen LogP contribution in [0, 0.1) is 6.92 Å². The number of amides is 1. The van der Waals surface area contributed by atoms with Gasteiger partial charge in [0, 0.05) is 12.7 Å². The van der Waals surface area contributed by atoms with E-state index in [1.165, 1.54) is 12.1 Å². The van der Waals surface area contributed by atoms with Crippen LogP contribution in [0.25, 0.3) is 21.6 Å². The lowest BCUT2D eigenvalue weighted by Crippen LogP contribution is -2.13. The number of benzene rings is 1. The van der Waals surface area contributed by atoms with Gasteiger partial charge in [0.1, 0.15) is 0 Å². The summed E-state index contributed by atoms with van der Waals surface area (Å²) in [5.41, 5.74) is 3.04. The highest BCUT2D eigenvalue weighted by atomic mass is 32.2. The number of anilines is 1. The van der Waals surface area contributed by atoms with Crippen molar-refractivity contribution in [1.29, 1.82) is 0 Å². The first-order valence-electron chi connectivity index (χ1n) is 9.32. The number of carbonyl (C=O) groups is 1. The molecule has 3 aromatic heterocycles. The first kappa shape index (κ1) is 20.2. The van der Waals surface area contributed by atoms with Crippen LogP contribution in [0.3, 0.4) is 0 Å². The minimum Gasteiger partial charge on any atom is -0.322 e. The number of rotatable bonds is 5. The van der Waals surface area contributed by atoms with Gasteiger partial charge in [0.15, 0.2) is 15.5 Å². The second-order valence-corrected chi connectivity index (χ2v) is 10.0. The minimum absolute atomic E-state index is 0.0273. The van der Waals surface area contributed by atoms with Gasteiger partial charge < -0.3 is 5.32 Å².